The predicted molar refractivity (Wildman–Crippen MR) is 397 cm³/mol. The molecule has 3 nitrogen and oxygen atoms in total. The Morgan fingerprint density at radius 2 is 0.593 bits per heavy atom. The second-order valence-corrected chi connectivity index (χ2v) is 32.7. The Labute approximate surface area is 542 Å². The summed E-state index contributed by atoms with van der Waals surface area (Å²) in [6.45, 7) is 41.8. The second kappa shape index (κ2) is 20.9. The number of hydrogen-bond acceptors (Lipinski definition) is 3. The highest BCUT2D eigenvalue weighted by Gasteiger charge is 2.45. The number of aromatic nitrogens is 1. The Morgan fingerprint density at radius 3 is 0.923 bits per heavy atom. The average Bonchev–Trinajstić information content (AvgIpc) is 0.687. The Morgan fingerprint density at radius 1 is 0.275 bits per heavy atom. The third kappa shape index (κ3) is 10.6. The van der Waals surface area contributed by atoms with Crippen molar-refractivity contribution in [2.75, 3.05) is 9.80 Å². The Balaban J connectivity index is 1.16. The van der Waals surface area contributed by atoms with Gasteiger partial charge in [-0.2, -0.15) is 0 Å². The molecule has 14 rings (SSSR count). The average molecular weight is 1190 g/mol. The van der Waals surface area contributed by atoms with Crippen molar-refractivity contribution >= 4 is 100 Å². The van der Waals surface area contributed by atoms with E-state index in [-0.39, 0.29) is 39.2 Å². The minimum atomic E-state index is -0.124. The first kappa shape index (κ1) is 59.9. The largest absolute Gasteiger partial charge is 0.311 e. The Bertz CT molecular complexity index is 4560. The molecule has 91 heavy (non-hydrogen) atoms. The van der Waals surface area contributed by atoms with Crippen LogP contribution in [-0.2, 0) is 32.5 Å². The maximum atomic E-state index is 5.88. The fourth-order valence-electron chi connectivity index (χ4n) is 14.2. The molecule has 0 saturated heterocycles. The van der Waals surface area contributed by atoms with Gasteiger partial charge in [-0.3, -0.25) is 0 Å². The van der Waals surface area contributed by atoms with E-state index in [2.05, 4.69) is 341 Å². The zero-order valence-electron chi connectivity index (χ0n) is 57.0. The Hall–Kier alpha value is -8.73. The van der Waals surface area contributed by atoms with Crippen LogP contribution in [0.4, 0.5) is 34.1 Å². The van der Waals surface area contributed by atoms with Crippen LogP contribution in [0.25, 0.3) is 76.7 Å². The zero-order chi connectivity index (χ0) is 64.2. The number of pyridine rings is 1. The Kier molecular flexibility index (Phi) is 13.8. The smallest absolute Gasteiger partial charge is 0.252 e. The summed E-state index contributed by atoms with van der Waals surface area (Å²) in [5.74, 6) is 0. The number of fused-ring (bicyclic) bond motifs is 10. The molecule has 454 valence electrons. The lowest BCUT2D eigenvalue weighted by Gasteiger charge is -2.45. The lowest BCUT2D eigenvalue weighted by atomic mass is 9.33. The minimum Gasteiger partial charge on any atom is -0.311 e. The number of anilines is 6. The molecule has 0 atom stereocenters. The number of nitrogens with zero attached hydrogens (tertiary/aromatic N) is 3. The molecule has 2 aliphatic heterocycles. The predicted octanol–water partition coefficient (Wildman–Crippen LogP) is 22.6. The number of rotatable bonds is 5. The van der Waals surface area contributed by atoms with Crippen LogP contribution in [0, 0.1) is 0 Å². The summed E-state index contributed by atoms with van der Waals surface area (Å²) < 4.78 is 0. The molecule has 0 unspecified atom stereocenters. The molecule has 2 aliphatic rings. The van der Waals surface area contributed by atoms with Gasteiger partial charge in [0.25, 0.3) is 6.71 Å². The SMILES string of the molecule is CC(C)(C)c1ccc(N2c3cc(-c4cc(-c5cc(C(C)(C)C)cc(C(C)(C)C)c5)nc(-c5cc(C(C)(C)C)cc(C(C)(C)C)c5)c4)cc4c3B(c3ccc5cc6ccccc6cc5c32)c2ccc3cc5ccccc5cc3c2N4c2ccc(C(C)(C)C)cc2)cc1. The van der Waals surface area contributed by atoms with Gasteiger partial charge in [-0.1, -0.05) is 234 Å². The third-order valence-electron chi connectivity index (χ3n) is 19.8. The standard InChI is InChI=1S/C87H88BN3/c1-82(2,3)63-29-33-69(34-30-63)90-77-49-60(59-47-75(61-41-65(84(7,8)9)51-66(42-61)85(10,11)12)89-76(48-59)62-43-67(86(13,14)15)52-68(44-62)87(16,17)18)50-78-79(77)88(73-37-27-57-39-53-23-19-21-25-55(53)45-71(57)80(73)90)74-38-28-58-40-54-24-20-22-26-56(54)46-72(58)81(74)91(78)70-35-31-64(32-36-70)83(4,5)6/h19-52H,1-18H3. The lowest BCUT2D eigenvalue weighted by Crippen LogP contribution is -2.61. The van der Waals surface area contributed by atoms with Crippen LogP contribution in [0.1, 0.15) is 158 Å². The van der Waals surface area contributed by atoms with Gasteiger partial charge >= 0.3 is 0 Å². The monoisotopic (exact) mass is 1190 g/mol. The molecule has 0 saturated carbocycles. The number of hydrogen-bond donors (Lipinski definition) is 0. The molecule has 1 aromatic heterocycles. The molecule has 0 spiro atoms. The van der Waals surface area contributed by atoms with Crippen molar-refractivity contribution < 1.29 is 0 Å². The second-order valence-electron chi connectivity index (χ2n) is 32.7. The van der Waals surface area contributed by atoms with Crippen LogP contribution in [0.3, 0.4) is 0 Å². The molecule has 0 N–H and O–H groups in total. The van der Waals surface area contributed by atoms with Gasteiger partial charge in [0, 0.05) is 56.0 Å². The van der Waals surface area contributed by atoms with Crippen molar-refractivity contribution in [2.24, 2.45) is 0 Å². The van der Waals surface area contributed by atoms with Crippen molar-refractivity contribution in [1.29, 1.82) is 0 Å². The topological polar surface area (TPSA) is 19.4 Å². The molecular formula is C87H88BN3. The summed E-state index contributed by atoms with van der Waals surface area (Å²) in [4.78, 5) is 11.2. The number of benzene rings is 11. The molecule has 3 heterocycles. The maximum absolute atomic E-state index is 5.88. The molecule has 4 heteroatoms. The van der Waals surface area contributed by atoms with E-state index >= 15 is 0 Å². The quantitative estimate of drug-likeness (QED) is 0.126. The highest BCUT2D eigenvalue weighted by Crippen LogP contribution is 2.51. The molecule has 0 aliphatic carbocycles. The van der Waals surface area contributed by atoms with Crippen LogP contribution in [0.15, 0.2) is 206 Å². The van der Waals surface area contributed by atoms with E-state index in [9.17, 15) is 0 Å². The third-order valence-corrected chi connectivity index (χ3v) is 19.8. The summed E-state index contributed by atoms with van der Waals surface area (Å²) in [5.41, 5.74) is 24.7. The van der Waals surface area contributed by atoms with E-state index in [1.165, 1.54) is 116 Å². The van der Waals surface area contributed by atoms with E-state index in [1.54, 1.807) is 0 Å². The normalized spacial score (nSPS) is 13.8. The molecule has 12 aromatic rings. The van der Waals surface area contributed by atoms with E-state index in [0.717, 1.165) is 45.0 Å². The molecule has 0 radical (unpaired) electrons. The zero-order valence-corrected chi connectivity index (χ0v) is 57.0. The summed E-state index contributed by atoms with van der Waals surface area (Å²) in [7, 11) is 0. The first-order valence-corrected chi connectivity index (χ1v) is 33.1. The molecule has 0 amide bonds. The highest BCUT2D eigenvalue weighted by atomic mass is 15.2. The van der Waals surface area contributed by atoms with Gasteiger partial charge in [0.2, 0.25) is 0 Å². The fourth-order valence-corrected chi connectivity index (χ4v) is 14.2. The van der Waals surface area contributed by atoms with Crippen LogP contribution < -0.4 is 26.2 Å². The first-order valence-electron chi connectivity index (χ1n) is 33.1. The fraction of sp³-hybridized carbons (Fsp3) is 0.276. The summed E-state index contributed by atoms with van der Waals surface area (Å²) in [5, 5.41) is 9.84. The van der Waals surface area contributed by atoms with E-state index in [1.807, 2.05) is 0 Å². The summed E-state index contributed by atoms with van der Waals surface area (Å²) in [6.07, 6.45) is 0. The molecule has 11 aromatic carbocycles. The van der Waals surface area contributed by atoms with Crippen molar-refractivity contribution in [1.82, 2.24) is 4.98 Å². The summed E-state index contributed by atoms with van der Waals surface area (Å²) >= 11 is 0. The molecule has 0 bridgehead atoms. The summed E-state index contributed by atoms with van der Waals surface area (Å²) in [6, 6.07) is 80.6. The van der Waals surface area contributed by atoms with Crippen LogP contribution in [0.5, 0.6) is 0 Å². The molecule has 0 fully saturated rings. The van der Waals surface area contributed by atoms with Crippen LogP contribution in [0.2, 0.25) is 0 Å². The maximum Gasteiger partial charge on any atom is 0.252 e. The lowest BCUT2D eigenvalue weighted by molar-refractivity contribution is 0.568. The first-order chi connectivity index (χ1) is 42.8. The van der Waals surface area contributed by atoms with Gasteiger partial charge in [-0.05, 0) is 223 Å². The highest BCUT2D eigenvalue weighted by molar-refractivity contribution is 7.00. The van der Waals surface area contributed by atoms with Gasteiger partial charge in [-0.25, -0.2) is 4.98 Å². The van der Waals surface area contributed by atoms with Crippen molar-refractivity contribution in [3.63, 3.8) is 0 Å². The van der Waals surface area contributed by atoms with E-state index in [0.29, 0.717) is 0 Å². The van der Waals surface area contributed by atoms with Gasteiger partial charge in [-0.15, -0.1) is 0 Å². The van der Waals surface area contributed by atoms with Gasteiger partial charge in [0.15, 0.2) is 0 Å². The van der Waals surface area contributed by atoms with Crippen LogP contribution in [-0.4, -0.2) is 11.7 Å². The van der Waals surface area contributed by atoms with Crippen LogP contribution >= 0.6 is 0 Å². The van der Waals surface area contributed by atoms with E-state index in [4.69, 9.17) is 4.98 Å². The molecular weight excluding hydrogens is 1100 g/mol. The van der Waals surface area contributed by atoms with Crippen molar-refractivity contribution in [2.45, 2.75) is 157 Å². The van der Waals surface area contributed by atoms with E-state index < -0.39 is 0 Å². The van der Waals surface area contributed by atoms with Crippen molar-refractivity contribution in [3.8, 4) is 33.6 Å². The van der Waals surface area contributed by atoms with Crippen molar-refractivity contribution in [3.05, 3.63) is 240 Å². The minimum absolute atomic E-state index is 0.0359. The van der Waals surface area contributed by atoms with Gasteiger partial charge < -0.3 is 9.80 Å². The van der Waals surface area contributed by atoms with Gasteiger partial charge in [0.05, 0.1) is 11.4 Å². The van der Waals surface area contributed by atoms with Gasteiger partial charge in [0.1, 0.15) is 0 Å².